The fourth-order valence-corrected chi connectivity index (χ4v) is 2.91. The van der Waals surface area contributed by atoms with E-state index < -0.39 is 0 Å². The highest BCUT2D eigenvalue weighted by molar-refractivity contribution is 4.73. The third kappa shape index (κ3) is 7.05. The Hall–Kier alpha value is -0.0800. The molecule has 0 spiro atoms. The monoisotopic (exact) mass is 241 g/mol. The van der Waals surface area contributed by atoms with Crippen molar-refractivity contribution in [1.29, 1.82) is 0 Å². The van der Waals surface area contributed by atoms with Crippen LogP contribution in [-0.2, 0) is 4.74 Å². The molecule has 17 heavy (non-hydrogen) atoms. The van der Waals surface area contributed by atoms with Crippen LogP contribution >= 0.6 is 0 Å². The number of methoxy groups -OCH3 is 1. The third-order valence-electron chi connectivity index (χ3n) is 3.98. The molecular weight excluding hydrogens is 210 g/mol. The lowest BCUT2D eigenvalue weighted by molar-refractivity contribution is 0.187. The van der Waals surface area contributed by atoms with Gasteiger partial charge in [0.1, 0.15) is 0 Å². The summed E-state index contributed by atoms with van der Waals surface area (Å²) in [6.45, 7) is 4.33. The molecule has 0 aromatic heterocycles. The Morgan fingerprint density at radius 3 is 2.65 bits per heavy atom. The first-order valence-corrected chi connectivity index (χ1v) is 7.59. The zero-order valence-electron chi connectivity index (χ0n) is 11.8. The summed E-state index contributed by atoms with van der Waals surface area (Å²) in [4.78, 5) is 0. The van der Waals surface area contributed by atoms with Gasteiger partial charge in [-0.2, -0.15) is 0 Å². The van der Waals surface area contributed by atoms with E-state index in [0.29, 0.717) is 0 Å². The minimum atomic E-state index is 0.727. The SMILES string of the molecule is CCCNC(CCCOC)CCC1CCCC1. The van der Waals surface area contributed by atoms with Crippen LogP contribution in [-0.4, -0.2) is 26.3 Å². The minimum Gasteiger partial charge on any atom is -0.385 e. The van der Waals surface area contributed by atoms with Gasteiger partial charge in [-0.15, -0.1) is 0 Å². The molecule has 102 valence electrons. The van der Waals surface area contributed by atoms with Crippen LogP contribution in [0.5, 0.6) is 0 Å². The van der Waals surface area contributed by atoms with E-state index in [4.69, 9.17) is 4.74 Å². The topological polar surface area (TPSA) is 21.3 Å². The van der Waals surface area contributed by atoms with Crippen molar-refractivity contribution in [3.63, 3.8) is 0 Å². The zero-order valence-corrected chi connectivity index (χ0v) is 11.8. The van der Waals surface area contributed by atoms with Crippen molar-refractivity contribution in [3.05, 3.63) is 0 Å². The maximum atomic E-state index is 5.15. The molecule has 2 nitrogen and oxygen atoms in total. The zero-order chi connectivity index (χ0) is 12.3. The largest absolute Gasteiger partial charge is 0.385 e. The molecule has 0 saturated heterocycles. The lowest BCUT2D eigenvalue weighted by Crippen LogP contribution is -2.30. The third-order valence-corrected chi connectivity index (χ3v) is 3.98. The van der Waals surface area contributed by atoms with E-state index in [2.05, 4.69) is 12.2 Å². The van der Waals surface area contributed by atoms with Gasteiger partial charge in [0, 0.05) is 19.8 Å². The summed E-state index contributed by atoms with van der Waals surface area (Å²) in [5, 5.41) is 3.70. The van der Waals surface area contributed by atoms with E-state index in [1.807, 2.05) is 0 Å². The molecule has 0 amide bonds. The lowest BCUT2D eigenvalue weighted by atomic mass is 9.96. The summed E-state index contributed by atoms with van der Waals surface area (Å²) in [6.07, 6.45) is 12.4. The summed E-state index contributed by atoms with van der Waals surface area (Å²) >= 11 is 0. The molecule has 2 heteroatoms. The summed E-state index contributed by atoms with van der Waals surface area (Å²) in [5.74, 6) is 1.03. The van der Waals surface area contributed by atoms with E-state index in [-0.39, 0.29) is 0 Å². The Balaban J connectivity index is 2.13. The van der Waals surface area contributed by atoms with Crippen LogP contribution in [0.15, 0.2) is 0 Å². The first-order chi connectivity index (χ1) is 8.36. The van der Waals surface area contributed by atoms with Gasteiger partial charge in [0.15, 0.2) is 0 Å². The van der Waals surface area contributed by atoms with Crippen LogP contribution in [0.2, 0.25) is 0 Å². The van der Waals surface area contributed by atoms with Gasteiger partial charge in [-0.05, 0) is 44.6 Å². The number of rotatable bonds is 10. The highest BCUT2D eigenvalue weighted by atomic mass is 16.5. The number of nitrogens with one attached hydrogen (secondary N) is 1. The molecule has 1 unspecified atom stereocenters. The van der Waals surface area contributed by atoms with Crippen molar-refractivity contribution in [2.75, 3.05) is 20.3 Å². The van der Waals surface area contributed by atoms with Crippen LogP contribution in [0.25, 0.3) is 0 Å². The molecular formula is C15H31NO. The Morgan fingerprint density at radius 2 is 2.00 bits per heavy atom. The second-order valence-electron chi connectivity index (χ2n) is 5.51. The Bertz CT molecular complexity index is 166. The van der Waals surface area contributed by atoms with Gasteiger partial charge < -0.3 is 10.1 Å². The molecule has 1 aliphatic rings. The van der Waals surface area contributed by atoms with E-state index in [9.17, 15) is 0 Å². The van der Waals surface area contributed by atoms with Gasteiger partial charge in [-0.3, -0.25) is 0 Å². The molecule has 0 aromatic carbocycles. The maximum absolute atomic E-state index is 5.15. The molecule has 0 bridgehead atoms. The van der Waals surface area contributed by atoms with Gasteiger partial charge >= 0.3 is 0 Å². The number of hydrogen-bond acceptors (Lipinski definition) is 2. The normalized spacial score (nSPS) is 18.7. The van der Waals surface area contributed by atoms with Gasteiger partial charge in [-0.1, -0.05) is 32.6 Å². The molecule has 0 radical (unpaired) electrons. The second-order valence-corrected chi connectivity index (χ2v) is 5.51. The second kappa shape index (κ2) is 9.90. The van der Waals surface area contributed by atoms with Crippen molar-refractivity contribution < 1.29 is 4.74 Å². The van der Waals surface area contributed by atoms with E-state index >= 15 is 0 Å². The fourth-order valence-electron chi connectivity index (χ4n) is 2.91. The van der Waals surface area contributed by atoms with Crippen molar-refractivity contribution in [1.82, 2.24) is 5.32 Å². The van der Waals surface area contributed by atoms with E-state index in [0.717, 1.165) is 18.6 Å². The van der Waals surface area contributed by atoms with Crippen molar-refractivity contribution >= 4 is 0 Å². The fraction of sp³-hybridized carbons (Fsp3) is 1.00. The maximum Gasteiger partial charge on any atom is 0.0462 e. The smallest absolute Gasteiger partial charge is 0.0462 e. The highest BCUT2D eigenvalue weighted by Gasteiger charge is 2.16. The molecule has 1 atom stereocenters. The summed E-state index contributed by atoms with van der Waals surface area (Å²) in [7, 11) is 1.80. The Morgan fingerprint density at radius 1 is 1.24 bits per heavy atom. The van der Waals surface area contributed by atoms with Crippen LogP contribution < -0.4 is 5.32 Å². The molecule has 1 rings (SSSR count). The van der Waals surface area contributed by atoms with Gasteiger partial charge in [0.2, 0.25) is 0 Å². The van der Waals surface area contributed by atoms with Crippen molar-refractivity contribution in [2.24, 2.45) is 5.92 Å². The predicted octanol–water partition coefficient (Wildman–Crippen LogP) is 3.75. The summed E-state index contributed by atoms with van der Waals surface area (Å²) in [5.41, 5.74) is 0. The molecule has 1 N–H and O–H groups in total. The number of ether oxygens (including phenoxy) is 1. The van der Waals surface area contributed by atoms with E-state index in [1.54, 1.807) is 7.11 Å². The van der Waals surface area contributed by atoms with Crippen LogP contribution in [0.4, 0.5) is 0 Å². The lowest BCUT2D eigenvalue weighted by Gasteiger charge is -2.20. The Labute approximate surface area is 108 Å². The van der Waals surface area contributed by atoms with Crippen LogP contribution in [0.1, 0.15) is 64.7 Å². The van der Waals surface area contributed by atoms with Gasteiger partial charge in [-0.25, -0.2) is 0 Å². The highest BCUT2D eigenvalue weighted by Crippen LogP contribution is 2.29. The quantitative estimate of drug-likeness (QED) is 0.588. The van der Waals surface area contributed by atoms with Crippen LogP contribution in [0.3, 0.4) is 0 Å². The average Bonchev–Trinajstić information content (AvgIpc) is 2.85. The molecule has 1 saturated carbocycles. The molecule has 0 heterocycles. The predicted molar refractivity (Wildman–Crippen MR) is 74.4 cm³/mol. The van der Waals surface area contributed by atoms with Crippen LogP contribution in [0, 0.1) is 5.92 Å². The van der Waals surface area contributed by atoms with Gasteiger partial charge in [0.05, 0.1) is 0 Å². The average molecular weight is 241 g/mol. The van der Waals surface area contributed by atoms with Crippen molar-refractivity contribution in [2.45, 2.75) is 70.8 Å². The molecule has 1 fully saturated rings. The first kappa shape index (κ1) is 15.0. The molecule has 0 aromatic rings. The first-order valence-electron chi connectivity index (χ1n) is 7.59. The van der Waals surface area contributed by atoms with E-state index in [1.165, 1.54) is 64.3 Å². The number of hydrogen-bond donors (Lipinski definition) is 1. The standard InChI is InChI=1S/C15H31NO/c1-3-12-16-15(9-6-13-17-2)11-10-14-7-4-5-8-14/h14-16H,3-13H2,1-2H3. The minimum absolute atomic E-state index is 0.727. The van der Waals surface area contributed by atoms with Gasteiger partial charge in [0.25, 0.3) is 0 Å². The molecule has 1 aliphatic carbocycles. The Kier molecular flexibility index (Phi) is 8.72. The summed E-state index contributed by atoms with van der Waals surface area (Å²) < 4.78 is 5.15. The molecule has 0 aliphatic heterocycles. The summed E-state index contributed by atoms with van der Waals surface area (Å²) in [6, 6.07) is 0.727. The van der Waals surface area contributed by atoms with Crippen molar-refractivity contribution in [3.8, 4) is 0 Å².